The van der Waals surface area contributed by atoms with Crippen molar-refractivity contribution < 1.29 is 4.74 Å². The monoisotopic (exact) mass is 250 g/mol. The molecule has 0 spiro atoms. The molecule has 82 valence electrons. The molecule has 16 heavy (non-hydrogen) atoms. The van der Waals surface area contributed by atoms with Crippen LogP contribution in [0.1, 0.15) is 10.7 Å². The van der Waals surface area contributed by atoms with Gasteiger partial charge < -0.3 is 10.5 Å². The first-order valence-electron chi connectivity index (χ1n) is 4.68. The van der Waals surface area contributed by atoms with Gasteiger partial charge in [0, 0.05) is 5.38 Å². The third-order valence-electron chi connectivity index (χ3n) is 1.91. The number of nitrogens with two attached hydrogens (primary N) is 1. The molecule has 0 atom stereocenters. The molecule has 5 heteroatoms. The molecule has 1 heterocycles. The number of aromatic nitrogens is 1. The van der Waals surface area contributed by atoms with Gasteiger partial charge in [0.1, 0.15) is 28.0 Å². The maximum absolute atomic E-state index is 5.55. The van der Waals surface area contributed by atoms with Gasteiger partial charge >= 0.3 is 0 Å². The average Bonchev–Trinajstić information content (AvgIpc) is 2.76. The van der Waals surface area contributed by atoms with Gasteiger partial charge in [-0.15, -0.1) is 11.3 Å². The maximum atomic E-state index is 5.55. The zero-order valence-corrected chi connectivity index (χ0v) is 10.1. The Hall–Kier alpha value is -1.46. The molecule has 0 unspecified atom stereocenters. The Morgan fingerprint density at radius 3 is 2.75 bits per heavy atom. The predicted octanol–water partition coefficient (Wildman–Crippen LogP) is 2.36. The Labute approximate surface area is 103 Å². The summed E-state index contributed by atoms with van der Waals surface area (Å²) >= 11 is 6.33. The van der Waals surface area contributed by atoms with E-state index in [1.54, 1.807) is 0 Å². The fraction of sp³-hybridized carbons (Fsp3) is 0.0909. The van der Waals surface area contributed by atoms with Gasteiger partial charge in [0.15, 0.2) is 0 Å². The van der Waals surface area contributed by atoms with Crippen LogP contribution in [0, 0.1) is 0 Å². The fourth-order valence-electron chi connectivity index (χ4n) is 1.15. The van der Waals surface area contributed by atoms with E-state index in [4.69, 9.17) is 22.7 Å². The Balaban J connectivity index is 1.97. The number of thiocarbonyl (C=S) groups is 1. The summed E-state index contributed by atoms with van der Waals surface area (Å²) in [6, 6.07) is 9.61. The van der Waals surface area contributed by atoms with Gasteiger partial charge in [0.05, 0.1) is 0 Å². The Morgan fingerprint density at radius 1 is 1.38 bits per heavy atom. The first kappa shape index (κ1) is 11.0. The van der Waals surface area contributed by atoms with Gasteiger partial charge in [0.2, 0.25) is 0 Å². The lowest BCUT2D eigenvalue weighted by atomic mass is 10.3. The SMILES string of the molecule is NC(=S)c1csc(COc2ccccc2)n1. The maximum Gasteiger partial charge on any atom is 0.140 e. The molecule has 0 amide bonds. The second-order valence-electron chi connectivity index (χ2n) is 3.09. The molecule has 1 aromatic carbocycles. The number of ether oxygens (including phenoxy) is 1. The second kappa shape index (κ2) is 5.05. The molecular formula is C11H10N2OS2. The number of hydrogen-bond acceptors (Lipinski definition) is 4. The van der Waals surface area contributed by atoms with Crippen LogP contribution in [0.3, 0.4) is 0 Å². The van der Waals surface area contributed by atoms with Crippen molar-refractivity contribution in [3.63, 3.8) is 0 Å². The Morgan fingerprint density at radius 2 is 2.12 bits per heavy atom. The van der Waals surface area contributed by atoms with Crippen LogP contribution in [0.15, 0.2) is 35.7 Å². The minimum atomic E-state index is 0.321. The number of hydrogen-bond donors (Lipinski definition) is 1. The summed E-state index contributed by atoms with van der Waals surface area (Å²) in [5.41, 5.74) is 6.13. The molecule has 2 rings (SSSR count). The third-order valence-corrected chi connectivity index (χ3v) is 2.94. The van der Waals surface area contributed by atoms with E-state index >= 15 is 0 Å². The third kappa shape index (κ3) is 2.77. The van der Waals surface area contributed by atoms with Crippen molar-refractivity contribution in [1.82, 2.24) is 4.98 Å². The van der Waals surface area contributed by atoms with Crippen LogP contribution < -0.4 is 10.5 Å². The summed E-state index contributed by atoms with van der Waals surface area (Å²) in [7, 11) is 0. The highest BCUT2D eigenvalue weighted by molar-refractivity contribution is 7.80. The summed E-state index contributed by atoms with van der Waals surface area (Å²) < 4.78 is 5.55. The summed E-state index contributed by atoms with van der Waals surface area (Å²) in [5.74, 6) is 0.828. The molecule has 0 aliphatic rings. The molecular weight excluding hydrogens is 240 g/mol. The largest absolute Gasteiger partial charge is 0.486 e. The van der Waals surface area contributed by atoms with Gasteiger partial charge in [0.25, 0.3) is 0 Å². The second-order valence-corrected chi connectivity index (χ2v) is 4.47. The molecule has 3 nitrogen and oxygen atoms in total. The molecule has 0 saturated heterocycles. The molecule has 2 N–H and O–H groups in total. The number of nitrogens with zero attached hydrogens (tertiary/aromatic N) is 1. The van der Waals surface area contributed by atoms with Gasteiger partial charge in [-0.3, -0.25) is 0 Å². The quantitative estimate of drug-likeness (QED) is 0.846. The zero-order chi connectivity index (χ0) is 11.4. The number of rotatable bonds is 4. The minimum Gasteiger partial charge on any atom is -0.486 e. The van der Waals surface area contributed by atoms with Crippen LogP contribution in [-0.4, -0.2) is 9.97 Å². The minimum absolute atomic E-state index is 0.321. The van der Waals surface area contributed by atoms with E-state index in [1.807, 2.05) is 35.7 Å². The van der Waals surface area contributed by atoms with E-state index in [1.165, 1.54) is 11.3 Å². The number of thiazole rings is 1. The highest BCUT2D eigenvalue weighted by Crippen LogP contribution is 2.14. The fourth-order valence-corrected chi connectivity index (χ4v) is 2.04. The smallest absolute Gasteiger partial charge is 0.140 e. The van der Waals surface area contributed by atoms with Gasteiger partial charge in [-0.25, -0.2) is 4.98 Å². The van der Waals surface area contributed by atoms with Crippen molar-refractivity contribution in [2.45, 2.75) is 6.61 Å². The van der Waals surface area contributed by atoms with E-state index in [0.717, 1.165) is 10.8 Å². The van der Waals surface area contributed by atoms with E-state index in [2.05, 4.69) is 4.98 Å². The molecule has 0 bridgehead atoms. The van der Waals surface area contributed by atoms with Crippen LogP contribution >= 0.6 is 23.6 Å². The van der Waals surface area contributed by atoms with Gasteiger partial charge in [-0.2, -0.15) is 0 Å². The lowest BCUT2D eigenvalue weighted by Crippen LogP contribution is -2.09. The average molecular weight is 250 g/mol. The van der Waals surface area contributed by atoms with Crippen molar-refractivity contribution in [2.75, 3.05) is 0 Å². The van der Waals surface area contributed by atoms with Crippen LogP contribution in [0.5, 0.6) is 5.75 Å². The molecule has 2 aromatic rings. The van der Waals surface area contributed by atoms with Crippen LogP contribution in [0.2, 0.25) is 0 Å². The summed E-state index contributed by atoms with van der Waals surface area (Å²) in [4.78, 5) is 4.57. The van der Waals surface area contributed by atoms with Crippen molar-refractivity contribution in [3.8, 4) is 5.75 Å². The highest BCUT2D eigenvalue weighted by atomic mass is 32.1. The lowest BCUT2D eigenvalue weighted by Gasteiger charge is -2.02. The molecule has 0 radical (unpaired) electrons. The molecule has 0 aliphatic carbocycles. The Kier molecular flexibility index (Phi) is 3.48. The summed E-state index contributed by atoms with van der Waals surface area (Å²) in [5, 5.41) is 2.71. The van der Waals surface area contributed by atoms with E-state index in [9.17, 15) is 0 Å². The zero-order valence-electron chi connectivity index (χ0n) is 8.42. The first-order valence-corrected chi connectivity index (χ1v) is 5.96. The number of benzene rings is 1. The van der Waals surface area contributed by atoms with Gasteiger partial charge in [-0.05, 0) is 12.1 Å². The molecule has 0 fully saturated rings. The first-order chi connectivity index (χ1) is 7.75. The normalized spacial score (nSPS) is 10.0. The highest BCUT2D eigenvalue weighted by Gasteiger charge is 2.04. The van der Waals surface area contributed by atoms with Crippen LogP contribution in [-0.2, 0) is 6.61 Å². The van der Waals surface area contributed by atoms with Crippen molar-refractivity contribution >= 4 is 28.5 Å². The van der Waals surface area contributed by atoms with E-state index < -0.39 is 0 Å². The van der Waals surface area contributed by atoms with Crippen molar-refractivity contribution in [1.29, 1.82) is 0 Å². The molecule has 0 saturated carbocycles. The van der Waals surface area contributed by atoms with Gasteiger partial charge in [-0.1, -0.05) is 30.4 Å². The van der Waals surface area contributed by atoms with Crippen molar-refractivity contribution in [3.05, 3.63) is 46.4 Å². The standard InChI is InChI=1S/C11H10N2OS2/c12-11(15)9-7-16-10(13-9)6-14-8-4-2-1-3-5-8/h1-5,7H,6H2,(H2,12,15). The predicted molar refractivity (Wildman–Crippen MR) is 68.8 cm³/mol. The van der Waals surface area contributed by atoms with Crippen molar-refractivity contribution in [2.24, 2.45) is 5.73 Å². The Bertz CT molecular complexity index is 482. The van der Waals surface area contributed by atoms with Crippen LogP contribution in [0.4, 0.5) is 0 Å². The molecule has 0 aliphatic heterocycles. The summed E-state index contributed by atoms with van der Waals surface area (Å²) in [6.45, 7) is 0.442. The topological polar surface area (TPSA) is 48.1 Å². The van der Waals surface area contributed by atoms with E-state index in [-0.39, 0.29) is 0 Å². The van der Waals surface area contributed by atoms with Crippen LogP contribution in [0.25, 0.3) is 0 Å². The molecule has 1 aromatic heterocycles. The van der Waals surface area contributed by atoms with E-state index in [0.29, 0.717) is 17.3 Å². The summed E-state index contributed by atoms with van der Waals surface area (Å²) in [6.07, 6.45) is 0. The lowest BCUT2D eigenvalue weighted by molar-refractivity contribution is 0.305. The number of para-hydroxylation sites is 1.